The van der Waals surface area contributed by atoms with Crippen LogP contribution in [0.25, 0.3) is 0 Å². The topological polar surface area (TPSA) is 90.9 Å². The minimum atomic E-state index is -0.837. The lowest BCUT2D eigenvalue weighted by molar-refractivity contribution is 0.0795. The van der Waals surface area contributed by atoms with Gasteiger partial charge in [-0.05, 0) is 31.5 Å². The Morgan fingerprint density at radius 3 is 2.72 bits per heavy atom. The molecule has 1 rings (SSSR count). The predicted molar refractivity (Wildman–Crippen MR) is 66.9 cm³/mol. The summed E-state index contributed by atoms with van der Waals surface area (Å²) in [6, 6.07) is 4.06. The van der Waals surface area contributed by atoms with Crippen LogP contribution < -0.4 is 11.1 Å². The third kappa shape index (κ3) is 4.31. The van der Waals surface area contributed by atoms with E-state index in [1.54, 1.807) is 19.9 Å². The fourth-order valence-electron chi connectivity index (χ4n) is 1.50. The van der Waals surface area contributed by atoms with Crippen LogP contribution in [0.2, 0.25) is 0 Å². The van der Waals surface area contributed by atoms with Gasteiger partial charge < -0.3 is 21.4 Å². The maximum Gasteiger partial charge on any atom is 0.170 e. The van der Waals surface area contributed by atoms with Crippen LogP contribution in [0.15, 0.2) is 23.4 Å². The highest BCUT2D eigenvalue weighted by Gasteiger charge is 2.13. The summed E-state index contributed by atoms with van der Waals surface area (Å²) in [5, 5.41) is 24.1. The first-order chi connectivity index (χ1) is 8.33. The monoisotopic (exact) mass is 255 g/mol. The Kier molecular flexibility index (Phi) is 4.63. The van der Waals surface area contributed by atoms with Gasteiger partial charge in [-0.3, -0.25) is 0 Å². The quantitative estimate of drug-likeness (QED) is 0.271. The number of hydrogen-bond acceptors (Lipinski definition) is 4. The van der Waals surface area contributed by atoms with E-state index in [4.69, 9.17) is 10.9 Å². The molecule has 5 nitrogen and oxygen atoms in total. The van der Waals surface area contributed by atoms with Crippen molar-refractivity contribution in [3.8, 4) is 0 Å². The number of rotatable bonds is 5. The zero-order valence-electron chi connectivity index (χ0n) is 10.4. The van der Waals surface area contributed by atoms with Crippen molar-refractivity contribution >= 4 is 5.84 Å². The fraction of sp³-hybridized carbons (Fsp3) is 0.417. The highest BCUT2D eigenvalue weighted by atomic mass is 19.1. The molecule has 0 radical (unpaired) electrons. The van der Waals surface area contributed by atoms with Crippen molar-refractivity contribution in [2.24, 2.45) is 10.9 Å². The van der Waals surface area contributed by atoms with E-state index in [0.29, 0.717) is 24.2 Å². The van der Waals surface area contributed by atoms with Crippen LogP contribution in [0.1, 0.15) is 25.0 Å². The molecule has 0 aromatic heterocycles. The van der Waals surface area contributed by atoms with Crippen LogP contribution in [-0.2, 0) is 6.54 Å². The molecule has 0 fully saturated rings. The van der Waals surface area contributed by atoms with Crippen LogP contribution in [0.3, 0.4) is 0 Å². The van der Waals surface area contributed by atoms with E-state index in [2.05, 4.69) is 10.5 Å². The van der Waals surface area contributed by atoms with E-state index in [1.807, 2.05) is 0 Å². The molecule has 0 bridgehead atoms. The fourth-order valence-corrected chi connectivity index (χ4v) is 1.50. The molecule has 0 saturated heterocycles. The maximum atomic E-state index is 13.1. The molecule has 0 aliphatic heterocycles. The number of benzene rings is 1. The van der Waals surface area contributed by atoms with Gasteiger partial charge in [0, 0.05) is 18.7 Å². The first-order valence-corrected chi connectivity index (χ1v) is 5.53. The van der Waals surface area contributed by atoms with Gasteiger partial charge in [-0.25, -0.2) is 4.39 Å². The zero-order valence-corrected chi connectivity index (χ0v) is 10.4. The molecule has 1 aromatic rings. The summed E-state index contributed by atoms with van der Waals surface area (Å²) in [4.78, 5) is 0. The Bertz CT molecular complexity index is 441. The van der Waals surface area contributed by atoms with E-state index in [9.17, 15) is 9.50 Å². The van der Waals surface area contributed by atoms with Gasteiger partial charge in [0.05, 0.1) is 5.60 Å². The van der Waals surface area contributed by atoms with Gasteiger partial charge in [-0.1, -0.05) is 11.2 Å². The summed E-state index contributed by atoms with van der Waals surface area (Å²) in [6.07, 6.45) is 0. The predicted octanol–water partition coefficient (Wildman–Crippen LogP) is 0.781. The number of nitrogens with zero attached hydrogens (tertiary/aromatic N) is 1. The van der Waals surface area contributed by atoms with Gasteiger partial charge in [0.2, 0.25) is 0 Å². The van der Waals surface area contributed by atoms with Crippen molar-refractivity contribution in [1.29, 1.82) is 0 Å². The normalized spacial score (nSPS) is 12.8. The van der Waals surface area contributed by atoms with E-state index in [-0.39, 0.29) is 5.84 Å². The molecule has 0 saturated carbocycles. The van der Waals surface area contributed by atoms with Crippen molar-refractivity contribution < 1.29 is 14.7 Å². The molecular weight excluding hydrogens is 237 g/mol. The van der Waals surface area contributed by atoms with E-state index >= 15 is 0 Å². The SMILES string of the molecule is CC(C)(O)CNCc1ccc(F)cc1C(N)=NO. The Balaban J connectivity index is 2.82. The molecule has 0 spiro atoms. The molecule has 0 amide bonds. The molecular formula is C12H18FN3O2. The van der Waals surface area contributed by atoms with Gasteiger partial charge in [0.15, 0.2) is 5.84 Å². The number of halogens is 1. The highest BCUT2D eigenvalue weighted by molar-refractivity contribution is 5.98. The number of oxime groups is 1. The van der Waals surface area contributed by atoms with Gasteiger partial charge in [0.1, 0.15) is 5.82 Å². The molecule has 6 heteroatoms. The van der Waals surface area contributed by atoms with E-state index in [1.165, 1.54) is 12.1 Å². The van der Waals surface area contributed by atoms with Gasteiger partial charge in [-0.15, -0.1) is 0 Å². The molecule has 100 valence electrons. The summed E-state index contributed by atoms with van der Waals surface area (Å²) in [6.45, 7) is 4.11. The average molecular weight is 255 g/mol. The second-order valence-electron chi connectivity index (χ2n) is 4.70. The van der Waals surface area contributed by atoms with Crippen LogP contribution in [0.4, 0.5) is 4.39 Å². The molecule has 18 heavy (non-hydrogen) atoms. The van der Waals surface area contributed by atoms with Crippen molar-refractivity contribution in [2.45, 2.75) is 26.0 Å². The smallest absolute Gasteiger partial charge is 0.170 e. The molecule has 0 aliphatic carbocycles. The molecule has 1 aromatic carbocycles. The standard InChI is InChI=1S/C12H18FN3O2/c1-12(2,17)7-15-6-8-3-4-9(13)5-10(8)11(14)16-18/h3-5,15,17-18H,6-7H2,1-2H3,(H2,14,16). The first kappa shape index (κ1) is 14.4. The summed E-state index contributed by atoms with van der Waals surface area (Å²) < 4.78 is 13.1. The maximum absolute atomic E-state index is 13.1. The van der Waals surface area contributed by atoms with Gasteiger partial charge >= 0.3 is 0 Å². The number of nitrogens with one attached hydrogen (secondary N) is 1. The Morgan fingerprint density at radius 2 is 2.17 bits per heavy atom. The summed E-state index contributed by atoms with van der Waals surface area (Å²) in [7, 11) is 0. The summed E-state index contributed by atoms with van der Waals surface area (Å²) in [5.41, 5.74) is 5.67. The lowest BCUT2D eigenvalue weighted by Gasteiger charge is -2.18. The Labute approximate surface area is 105 Å². The lowest BCUT2D eigenvalue weighted by Crippen LogP contribution is -2.34. The van der Waals surface area contributed by atoms with Crippen LogP contribution in [-0.4, -0.2) is 28.3 Å². The van der Waals surface area contributed by atoms with Crippen molar-refractivity contribution in [2.75, 3.05) is 6.54 Å². The van der Waals surface area contributed by atoms with Gasteiger partial charge in [0.25, 0.3) is 0 Å². The molecule has 0 heterocycles. The largest absolute Gasteiger partial charge is 0.409 e. The molecule has 5 N–H and O–H groups in total. The Morgan fingerprint density at radius 1 is 1.50 bits per heavy atom. The van der Waals surface area contributed by atoms with E-state index in [0.717, 1.165) is 0 Å². The number of amidine groups is 1. The average Bonchev–Trinajstić information content (AvgIpc) is 2.28. The zero-order chi connectivity index (χ0) is 13.8. The van der Waals surface area contributed by atoms with Crippen LogP contribution in [0.5, 0.6) is 0 Å². The number of nitrogens with two attached hydrogens (primary N) is 1. The summed E-state index contributed by atoms with van der Waals surface area (Å²) >= 11 is 0. The summed E-state index contributed by atoms with van der Waals surface area (Å²) in [5.74, 6) is -0.600. The first-order valence-electron chi connectivity index (χ1n) is 5.53. The minimum absolute atomic E-state index is 0.144. The van der Waals surface area contributed by atoms with Crippen LogP contribution in [0, 0.1) is 5.82 Å². The van der Waals surface area contributed by atoms with Crippen molar-refractivity contribution in [3.63, 3.8) is 0 Å². The van der Waals surface area contributed by atoms with Crippen LogP contribution >= 0.6 is 0 Å². The molecule has 0 aliphatic rings. The second kappa shape index (κ2) is 5.79. The third-order valence-corrected chi connectivity index (χ3v) is 2.33. The number of hydrogen-bond donors (Lipinski definition) is 4. The molecule has 0 atom stereocenters. The van der Waals surface area contributed by atoms with E-state index < -0.39 is 11.4 Å². The number of aliphatic hydroxyl groups is 1. The third-order valence-electron chi connectivity index (χ3n) is 2.33. The van der Waals surface area contributed by atoms with Gasteiger partial charge in [-0.2, -0.15) is 0 Å². The highest BCUT2D eigenvalue weighted by Crippen LogP contribution is 2.11. The minimum Gasteiger partial charge on any atom is -0.409 e. The van der Waals surface area contributed by atoms with Crippen molar-refractivity contribution in [1.82, 2.24) is 5.32 Å². The van der Waals surface area contributed by atoms with Crippen molar-refractivity contribution in [3.05, 3.63) is 35.1 Å². The molecule has 0 unspecified atom stereocenters. The lowest BCUT2D eigenvalue weighted by atomic mass is 10.1. The Hall–Kier alpha value is -1.66. The second-order valence-corrected chi connectivity index (χ2v) is 4.70.